The van der Waals surface area contributed by atoms with Gasteiger partial charge in [-0.3, -0.25) is 14.4 Å². The molecule has 10 nitrogen and oxygen atoms in total. The summed E-state index contributed by atoms with van der Waals surface area (Å²) in [5.74, 6) is -1.22. The number of carbonyl (C=O) groups is 3. The van der Waals surface area contributed by atoms with Crippen molar-refractivity contribution in [2.75, 3.05) is 25.0 Å². The summed E-state index contributed by atoms with van der Waals surface area (Å²) in [6, 6.07) is 14.3. The number of para-hydroxylation sites is 1. The average Bonchev–Trinajstić information content (AvgIpc) is 3.53. The molecule has 4 rings (SSSR count). The van der Waals surface area contributed by atoms with Crippen molar-refractivity contribution in [1.82, 2.24) is 14.7 Å². The first kappa shape index (κ1) is 21.8. The first-order chi connectivity index (χ1) is 16.1. The van der Waals surface area contributed by atoms with E-state index in [4.69, 9.17) is 9.15 Å². The summed E-state index contributed by atoms with van der Waals surface area (Å²) in [6.45, 7) is 0.301. The lowest BCUT2D eigenvalue weighted by Gasteiger charge is -2.30. The summed E-state index contributed by atoms with van der Waals surface area (Å²) >= 11 is 0. The molecule has 168 valence electrons. The van der Waals surface area contributed by atoms with Gasteiger partial charge >= 0.3 is 5.97 Å². The number of rotatable bonds is 6. The van der Waals surface area contributed by atoms with Crippen LogP contribution in [0.4, 0.5) is 5.82 Å². The van der Waals surface area contributed by atoms with Crippen molar-refractivity contribution in [3.05, 3.63) is 66.2 Å². The fraction of sp³-hybridized carbons (Fsp3) is 0.261. The first-order valence-corrected chi connectivity index (χ1v) is 10.4. The minimum absolute atomic E-state index is 0.187. The number of amides is 2. The summed E-state index contributed by atoms with van der Waals surface area (Å²) in [7, 11) is 0. The van der Waals surface area contributed by atoms with Gasteiger partial charge in [-0.05, 0) is 37.1 Å². The highest BCUT2D eigenvalue weighted by atomic mass is 16.5. The van der Waals surface area contributed by atoms with E-state index in [-0.39, 0.29) is 23.0 Å². The fourth-order valence-corrected chi connectivity index (χ4v) is 3.61. The lowest BCUT2D eigenvalue weighted by atomic mass is 9.97. The lowest BCUT2D eigenvalue weighted by molar-refractivity contribution is -0.152. The van der Waals surface area contributed by atoms with Gasteiger partial charge in [-0.15, -0.1) is 0 Å². The Morgan fingerprint density at radius 3 is 2.58 bits per heavy atom. The zero-order valence-electron chi connectivity index (χ0n) is 17.6. The molecule has 2 amide bonds. The van der Waals surface area contributed by atoms with Crippen molar-refractivity contribution in [3.8, 4) is 11.8 Å². The van der Waals surface area contributed by atoms with E-state index in [1.165, 1.54) is 17.1 Å². The predicted octanol–water partition coefficient (Wildman–Crippen LogP) is 2.37. The smallest absolute Gasteiger partial charge is 0.309 e. The van der Waals surface area contributed by atoms with Gasteiger partial charge in [0.2, 0.25) is 0 Å². The molecule has 3 heterocycles. The molecule has 0 atom stereocenters. The van der Waals surface area contributed by atoms with E-state index in [1.54, 1.807) is 29.2 Å². The summed E-state index contributed by atoms with van der Waals surface area (Å²) in [4.78, 5) is 38.8. The minimum atomic E-state index is -0.581. The molecular formula is C23H21N5O5. The van der Waals surface area contributed by atoms with Crippen LogP contribution in [0.5, 0.6) is 0 Å². The standard InChI is InChI=1S/C23H21N5O5/c24-13-17-14-25-28(18-5-2-1-3-6-18)21(17)26-20(29)15-33-23(31)16-8-10-27(11-9-16)22(30)19-7-4-12-32-19/h1-7,12,14,16H,8-11,15H2,(H,26,29). The van der Waals surface area contributed by atoms with E-state index in [0.29, 0.717) is 31.6 Å². The Morgan fingerprint density at radius 1 is 1.15 bits per heavy atom. The van der Waals surface area contributed by atoms with Crippen LogP contribution in [0.25, 0.3) is 5.69 Å². The second kappa shape index (κ2) is 9.82. The molecule has 1 aliphatic heterocycles. The van der Waals surface area contributed by atoms with Crippen LogP contribution in [0.2, 0.25) is 0 Å². The fourth-order valence-electron chi connectivity index (χ4n) is 3.61. The lowest BCUT2D eigenvalue weighted by Crippen LogP contribution is -2.40. The van der Waals surface area contributed by atoms with Crippen LogP contribution in [0.3, 0.4) is 0 Å². The number of aromatic nitrogens is 2. The largest absolute Gasteiger partial charge is 0.459 e. The highest BCUT2D eigenvalue weighted by molar-refractivity contribution is 5.94. The van der Waals surface area contributed by atoms with Crippen LogP contribution in [-0.4, -0.2) is 52.2 Å². The van der Waals surface area contributed by atoms with Crippen LogP contribution < -0.4 is 5.32 Å². The molecule has 3 aromatic rings. The number of benzene rings is 1. The molecule has 1 fully saturated rings. The van der Waals surface area contributed by atoms with Crippen molar-refractivity contribution >= 4 is 23.6 Å². The third-order valence-electron chi connectivity index (χ3n) is 5.34. The first-order valence-electron chi connectivity index (χ1n) is 10.4. The zero-order valence-corrected chi connectivity index (χ0v) is 17.6. The Balaban J connectivity index is 1.29. The Labute approximate surface area is 189 Å². The number of hydrogen-bond donors (Lipinski definition) is 1. The van der Waals surface area contributed by atoms with Gasteiger partial charge in [-0.25, -0.2) is 4.68 Å². The van der Waals surface area contributed by atoms with E-state index < -0.39 is 24.4 Å². The number of likely N-dealkylation sites (tertiary alicyclic amines) is 1. The molecule has 33 heavy (non-hydrogen) atoms. The maximum Gasteiger partial charge on any atom is 0.309 e. The van der Waals surface area contributed by atoms with Gasteiger partial charge in [0.1, 0.15) is 11.6 Å². The van der Waals surface area contributed by atoms with Crippen LogP contribution in [-0.2, 0) is 14.3 Å². The van der Waals surface area contributed by atoms with Crippen LogP contribution >= 0.6 is 0 Å². The van der Waals surface area contributed by atoms with Gasteiger partial charge in [0.25, 0.3) is 11.8 Å². The van der Waals surface area contributed by atoms with Gasteiger partial charge in [0.15, 0.2) is 18.2 Å². The molecule has 1 saturated heterocycles. The highest BCUT2D eigenvalue weighted by Gasteiger charge is 2.30. The zero-order chi connectivity index (χ0) is 23.2. The summed E-state index contributed by atoms with van der Waals surface area (Å²) < 4.78 is 11.8. The third kappa shape index (κ3) is 4.93. The number of ether oxygens (including phenoxy) is 1. The molecular weight excluding hydrogens is 426 g/mol. The number of nitrogens with zero attached hydrogens (tertiary/aromatic N) is 4. The normalized spacial score (nSPS) is 13.8. The Morgan fingerprint density at radius 2 is 1.91 bits per heavy atom. The number of carbonyl (C=O) groups excluding carboxylic acids is 3. The van der Waals surface area contributed by atoms with Gasteiger partial charge in [0.05, 0.1) is 24.1 Å². The Bertz CT molecular complexity index is 1170. The maximum absolute atomic E-state index is 12.4. The van der Waals surface area contributed by atoms with Crippen LogP contribution in [0.1, 0.15) is 29.0 Å². The Kier molecular flexibility index (Phi) is 6.50. The minimum Gasteiger partial charge on any atom is -0.459 e. The number of piperidine rings is 1. The molecule has 0 unspecified atom stereocenters. The second-order valence-corrected chi connectivity index (χ2v) is 7.47. The van der Waals surface area contributed by atoms with Gasteiger partial charge in [-0.2, -0.15) is 10.4 Å². The van der Waals surface area contributed by atoms with Crippen molar-refractivity contribution < 1.29 is 23.5 Å². The number of anilines is 1. The number of hydrogen-bond acceptors (Lipinski definition) is 7. The molecule has 1 aliphatic rings. The van der Waals surface area contributed by atoms with Gasteiger partial charge in [0, 0.05) is 13.1 Å². The van der Waals surface area contributed by atoms with Crippen molar-refractivity contribution in [2.45, 2.75) is 12.8 Å². The van der Waals surface area contributed by atoms with Crippen LogP contribution in [0, 0.1) is 17.2 Å². The third-order valence-corrected chi connectivity index (χ3v) is 5.34. The number of furan rings is 1. The Hall–Kier alpha value is -4.39. The van der Waals surface area contributed by atoms with Crippen molar-refractivity contribution in [2.24, 2.45) is 5.92 Å². The summed E-state index contributed by atoms with van der Waals surface area (Å²) in [5, 5.41) is 16.1. The number of esters is 1. The molecule has 0 radical (unpaired) electrons. The second-order valence-electron chi connectivity index (χ2n) is 7.47. The monoisotopic (exact) mass is 447 g/mol. The molecule has 0 saturated carbocycles. The van der Waals surface area contributed by atoms with E-state index in [0.717, 1.165) is 0 Å². The maximum atomic E-state index is 12.4. The molecule has 0 aliphatic carbocycles. The molecule has 0 spiro atoms. The van der Waals surface area contributed by atoms with Crippen molar-refractivity contribution in [1.29, 1.82) is 5.26 Å². The molecule has 0 bridgehead atoms. The SMILES string of the molecule is N#Cc1cnn(-c2ccccc2)c1NC(=O)COC(=O)C1CCN(C(=O)c2ccco2)CC1. The van der Waals surface area contributed by atoms with Gasteiger partial charge in [-0.1, -0.05) is 18.2 Å². The van der Waals surface area contributed by atoms with Gasteiger partial charge < -0.3 is 19.4 Å². The quantitative estimate of drug-likeness (QED) is 0.574. The van der Waals surface area contributed by atoms with E-state index in [9.17, 15) is 19.6 Å². The summed E-state index contributed by atoms with van der Waals surface area (Å²) in [5.41, 5.74) is 0.856. The van der Waals surface area contributed by atoms with E-state index >= 15 is 0 Å². The predicted molar refractivity (Wildman–Crippen MR) is 115 cm³/mol. The number of nitriles is 1. The number of nitrogens with one attached hydrogen (secondary N) is 1. The molecule has 1 N–H and O–H groups in total. The topological polar surface area (TPSA) is 130 Å². The van der Waals surface area contributed by atoms with Crippen LogP contribution in [0.15, 0.2) is 59.3 Å². The highest BCUT2D eigenvalue weighted by Crippen LogP contribution is 2.22. The van der Waals surface area contributed by atoms with E-state index in [1.807, 2.05) is 24.3 Å². The molecule has 2 aromatic heterocycles. The van der Waals surface area contributed by atoms with E-state index in [2.05, 4.69) is 10.4 Å². The molecule has 10 heteroatoms. The average molecular weight is 447 g/mol. The summed E-state index contributed by atoms with van der Waals surface area (Å²) in [6.07, 6.45) is 3.67. The molecule has 1 aromatic carbocycles. The van der Waals surface area contributed by atoms with Crippen molar-refractivity contribution in [3.63, 3.8) is 0 Å².